The summed E-state index contributed by atoms with van der Waals surface area (Å²) >= 11 is 5.97. The molecule has 0 aliphatic carbocycles. The van der Waals surface area contributed by atoms with Crippen molar-refractivity contribution in [2.75, 3.05) is 33.2 Å². The lowest BCUT2D eigenvalue weighted by Crippen LogP contribution is -2.39. The molecule has 1 aromatic rings. The van der Waals surface area contributed by atoms with Crippen molar-refractivity contribution >= 4 is 41.5 Å². The van der Waals surface area contributed by atoms with Gasteiger partial charge in [-0.2, -0.15) is 8.78 Å². The molecule has 2 rings (SSSR count). The molecule has 1 saturated heterocycles. The summed E-state index contributed by atoms with van der Waals surface area (Å²) in [4.78, 5) is 6.67. The summed E-state index contributed by atoms with van der Waals surface area (Å²) < 4.78 is 29.6. The lowest BCUT2D eigenvalue weighted by molar-refractivity contribution is -0.0504. The van der Waals surface area contributed by atoms with Crippen LogP contribution in [0.1, 0.15) is 31.7 Å². The molecule has 0 radical (unpaired) electrons. The van der Waals surface area contributed by atoms with Gasteiger partial charge in [0, 0.05) is 30.7 Å². The standard InChI is InChI=1S/C19H29ClF2N4O.HI/c1-3-26-10-7-14(8-11-26)6-9-24-19(23-2)25-13-15-12-16(20)4-5-17(15)27-18(21)22;/h4-5,12,14,18H,3,6-11,13H2,1-2H3,(H2,23,24,25);1H. The Hall–Kier alpha value is -0.870. The van der Waals surface area contributed by atoms with Crippen molar-refractivity contribution < 1.29 is 13.5 Å². The van der Waals surface area contributed by atoms with Gasteiger partial charge in [0.15, 0.2) is 5.96 Å². The highest BCUT2D eigenvalue weighted by Crippen LogP contribution is 2.24. The molecule has 160 valence electrons. The van der Waals surface area contributed by atoms with Crippen molar-refractivity contribution in [1.29, 1.82) is 0 Å². The first kappa shape index (κ1) is 25.2. The van der Waals surface area contributed by atoms with E-state index in [0.717, 1.165) is 25.4 Å². The SMILES string of the molecule is CCN1CCC(CCNC(=NC)NCc2cc(Cl)ccc2OC(F)F)CC1.I. The molecule has 0 atom stereocenters. The van der Waals surface area contributed by atoms with Gasteiger partial charge in [0.1, 0.15) is 5.75 Å². The summed E-state index contributed by atoms with van der Waals surface area (Å²) in [6.45, 7) is 3.92. The fourth-order valence-electron chi connectivity index (χ4n) is 3.28. The zero-order valence-corrected chi connectivity index (χ0v) is 19.5. The molecule has 1 aromatic carbocycles. The van der Waals surface area contributed by atoms with Crippen LogP contribution in [0.5, 0.6) is 5.75 Å². The molecule has 0 saturated carbocycles. The summed E-state index contributed by atoms with van der Waals surface area (Å²) in [5.74, 6) is 1.47. The van der Waals surface area contributed by atoms with Gasteiger partial charge in [0.05, 0.1) is 0 Å². The highest BCUT2D eigenvalue weighted by atomic mass is 127. The van der Waals surface area contributed by atoms with Gasteiger partial charge in [-0.05, 0) is 63.0 Å². The van der Waals surface area contributed by atoms with E-state index in [1.807, 2.05) is 0 Å². The first-order valence-electron chi connectivity index (χ1n) is 9.42. The van der Waals surface area contributed by atoms with Crippen molar-refractivity contribution in [1.82, 2.24) is 15.5 Å². The molecule has 1 aliphatic rings. The third kappa shape index (κ3) is 8.65. The van der Waals surface area contributed by atoms with Crippen LogP contribution in [0.25, 0.3) is 0 Å². The first-order valence-corrected chi connectivity index (χ1v) is 9.79. The number of nitrogens with zero attached hydrogens (tertiary/aromatic N) is 2. The second kappa shape index (κ2) is 13.4. The minimum Gasteiger partial charge on any atom is -0.434 e. The summed E-state index contributed by atoms with van der Waals surface area (Å²) in [5, 5.41) is 6.89. The summed E-state index contributed by atoms with van der Waals surface area (Å²) in [6, 6.07) is 4.59. The number of halogens is 4. The lowest BCUT2D eigenvalue weighted by Gasteiger charge is -2.31. The molecule has 2 N–H and O–H groups in total. The van der Waals surface area contributed by atoms with E-state index in [1.165, 1.54) is 38.1 Å². The van der Waals surface area contributed by atoms with Crippen LogP contribution < -0.4 is 15.4 Å². The number of hydrogen-bond acceptors (Lipinski definition) is 3. The number of likely N-dealkylation sites (tertiary alicyclic amines) is 1. The van der Waals surface area contributed by atoms with Crippen molar-refractivity contribution in [3.8, 4) is 5.75 Å². The molecule has 5 nitrogen and oxygen atoms in total. The van der Waals surface area contributed by atoms with Crippen molar-refractivity contribution in [2.45, 2.75) is 39.3 Å². The van der Waals surface area contributed by atoms with Gasteiger partial charge in [0.2, 0.25) is 0 Å². The van der Waals surface area contributed by atoms with Gasteiger partial charge >= 0.3 is 6.61 Å². The Bertz CT molecular complexity index is 614. The number of alkyl halides is 2. The Balaban J connectivity index is 0.00000392. The first-order chi connectivity index (χ1) is 13.0. The second-order valence-electron chi connectivity index (χ2n) is 6.65. The molecule has 9 heteroatoms. The van der Waals surface area contributed by atoms with E-state index >= 15 is 0 Å². The van der Waals surface area contributed by atoms with E-state index in [2.05, 4.69) is 32.2 Å². The third-order valence-electron chi connectivity index (χ3n) is 4.91. The van der Waals surface area contributed by atoms with E-state index in [1.54, 1.807) is 13.1 Å². The molecule has 1 aliphatic heterocycles. The Labute approximate surface area is 188 Å². The minimum atomic E-state index is -2.87. The monoisotopic (exact) mass is 530 g/mol. The number of benzene rings is 1. The van der Waals surface area contributed by atoms with Crippen LogP contribution in [-0.4, -0.2) is 50.7 Å². The average molecular weight is 531 g/mol. The normalized spacial score (nSPS) is 16.0. The molecule has 0 aromatic heterocycles. The topological polar surface area (TPSA) is 48.9 Å². The number of aliphatic imine (C=N–C) groups is 1. The number of ether oxygens (including phenoxy) is 1. The Morgan fingerprint density at radius 2 is 2.04 bits per heavy atom. The molecule has 0 bridgehead atoms. The molecule has 1 heterocycles. The number of guanidine groups is 1. The molecule has 0 amide bonds. The highest BCUT2D eigenvalue weighted by Gasteiger charge is 2.17. The van der Waals surface area contributed by atoms with Gasteiger partial charge in [-0.15, -0.1) is 24.0 Å². The summed E-state index contributed by atoms with van der Waals surface area (Å²) in [5.41, 5.74) is 0.553. The van der Waals surface area contributed by atoms with Crippen molar-refractivity contribution in [3.05, 3.63) is 28.8 Å². The Kier molecular flexibility index (Phi) is 12.0. The quantitative estimate of drug-likeness (QED) is 0.298. The highest BCUT2D eigenvalue weighted by molar-refractivity contribution is 14.0. The number of hydrogen-bond donors (Lipinski definition) is 2. The van der Waals surface area contributed by atoms with Gasteiger partial charge in [-0.3, -0.25) is 4.99 Å². The van der Waals surface area contributed by atoms with Gasteiger partial charge in [0.25, 0.3) is 0 Å². The summed E-state index contributed by atoms with van der Waals surface area (Å²) in [7, 11) is 1.68. The second-order valence-corrected chi connectivity index (χ2v) is 7.09. The van der Waals surface area contributed by atoms with Gasteiger partial charge in [-0.25, -0.2) is 0 Å². The molecular formula is C19H30ClF2IN4O. The number of piperidine rings is 1. The summed E-state index contributed by atoms with van der Waals surface area (Å²) in [6.07, 6.45) is 3.56. The number of nitrogens with one attached hydrogen (secondary N) is 2. The van der Waals surface area contributed by atoms with Crippen molar-refractivity contribution in [2.24, 2.45) is 10.9 Å². The predicted molar refractivity (Wildman–Crippen MR) is 121 cm³/mol. The maximum absolute atomic E-state index is 12.5. The molecule has 0 unspecified atom stereocenters. The predicted octanol–water partition coefficient (Wildman–Crippen LogP) is 4.35. The Morgan fingerprint density at radius 3 is 2.64 bits per heavy atom. The smallest absolute Gasteiger partial charge is 0.387 e. The zero-order chi connectivity index (χ0) is 19.6. The fourth-order valence-corrected chi connectivity index (χ4v) is 3.48. The molecular weight excluding hydrogens is 501 g/mol. The van der Waals surface area contributed by atoms with E-state index in [0.29, 0.717) is 16.5 Å². The largest absolute Gasteiger partial charge is 0.434 e. The Morgan fingerprint density at radius 1 is 1.32 bits per heavy atom. The van der Waals surface area contributed by atoms with Crippen LogP contribution >= 0.6 is 35.6 Å². The van der Waals surface area contributed by atoms with Crippen LogP contribution in [0.2, 0.25) is 5.02 Å². The average Bonchev–Trinajstić information content (AvgIpc) is 2.66. The van der Waals surface area contributed by atoms with Crippen LogP contribution in [0.3, 0.4) is 0 Å². The number of rotatable bonds is 8. The van der Waals surface area contributed by atoms with E-state index in [-0.39, 0.29) is 36.3 Å². The lowest BCUT2D eigenvalue weighted by atomic mass is 9.93. The van der Waals surface area contributed by atoms with Gasteiger partial charge < -0.3 is 20.3 Å². The van der Waals surface area contributed by atoms with Crippen LogP contribution in [-0.2, 0) is 6.54 Å². The zero-order valence-electron chi connectivity index (χ0n) is 16.4. The maximum atomic E-state index is 12.5. The van der Waals surface area contributed by atoms with Crippen molar-refractivity contribution in [3.63, 3.8) is 0 Å². The molecule has 28 heavy (non-hydrogen) atoms. The van der Waals surface area contributed by atoms with Crippen LogP contribution in [0, 0.1) is 5.92 Å². The maximum Gasteiger partial charge on any atom is 0.387 e. The fraction of sp³-hybridized carbons (Fsp3) is 0.632. The minimum absolute atomic E-state index is 0. The molecule has 0 spiro atoms. The third-order valence-corrected chi connectivity index (χ3v) is 5.14. The van der Waals surface area contributed by atoms with Crippen LogP contribution in [0.15, 0.2) is 23.2 Å². The van der Waals surface area contributed by atoms with Gasteiger partial charge in [-0.1, -0.05) is 18.5 Å². The van der Waals surface area contributed by atoms with E-state index in [9.17, 15) is 8.78 Å². The van der Waals surface area contributed by atoms with E-state index < -0.39 is 6.61 Å². The molecule has 1 fully saturated rings. The van der Waals surface area contributed by atoms with Crippen LogP contribution in [0.4, 0.5) is 8.78 Å². The van der Waals surface area contributed by atoms with E-state index in [4.69, 9.17) is 11.6 Å².